The zero-order chi connectivity index (χ0) is 23.8. The second-order valence-electron chi connectivity index (χ2n) is 8.20. The van der Waals surface area contributed by atoms with Crippen LogP contribution in [0, 0.1) is 5.82 Å². The number of hydrogen-bond acceptors (Lipinski definition) is 4. The van der Waals surface area contributed by atoms with E-state index in [0.717, 1.165) is 30.6 Å². The summed E-state index contributed by atoms with van der Waals surface area (Å²) in [5.74, 6) is -1.39. The number of hydrogen-bond donors (Lipinski definition) is 3. The van der Waals surface area contributed by atoms with Crippen LogP contribution in [0.2, 0.25) is 0 Å². The lowest BCUT2D eigenvalue weighted by atomic mass is 9.92. The van der Waals surface area contributed by atoms with E-state index >= 15 is 0 Å². The molecule has 1 unspecified atom stereocenters. The van der Waals surface area contributed by atoms with Crippen molar-refractivity contribution in [2.24, 2.45) is 0 Å². The summed E-state index contributed by atoms with van der Waals surface area (Å²) >= 11 is 0. The average molecular weight is 458 g/mol. The van der Waals surface area contributed by atoms with Gasteiger partial charge in [0, 0.05) is 31.5 Å². The maximum absolute atomic E-state index is 13.2. The third-order valence-corrected chi connectivity index (χ3v) is 6.04. The van der Waals surface area contributed by atoms with Gasteiger partial charge in [-0.15, -0.1) is 0 Å². The molecule has 8 heteroatoms. The topological polar surface area (TPSA) is 90.9 Å². The molecule has 0 bridgehead atoms. The van der Waals surface area contributed by atoms with E-state index in [1.807, 2.05) is 25.1 Å². The number of nitrogens with zero attached hydrogens (tertiary/aromatic N) is 1. The number of rotatable bonds is 9. The lowest BCUT2D eigenvalue weighted by Crippen LogP contribution is -2.40. The third-order valence-electron chi connectivity index (χ3n) is 6.04. The summed E-state index contributed by atoms with van der Waals surface area (Å²) < 4.78 is 18.7. The van der Waals surface area contributed by atoms with Crippen molar-refractivity contribution in [3.63, 3.8) is 0 Å². The SMILES string of the molecule is CCC(CC(=O)O)c1ccc(N(CC)C2CCOCC2)c(NC(=O)Nc2ccc(F)cc2)c1. The highest BCUT2D eigenvalue weighted by atomic mass is 19.1. The minimum Gasteiger partial charge on any atom is -0.481 e. The van der Waals surface area contributed by atoms with Gasteiger partial charge in [0.25, 0.3) is 0 Å². The number of benzene rings is 2. The van der Waals surface area contributed by atoms with E-state index in [1.165, 1.54) is 24.3 Å². The van der Waals surface area contributed by atoms with Gasteiger partial charge in [0.2, 0.25) is 0 Å². The van der Waals surface area contributed by atoms with Gasteiger partial charge in [0.1, 0.15) is 5.82 Å². The number of amides is 2. The molecular formula is C25H32FN3O4. The number of aliphatic carboxylic acids is 1. The largest absolute Gasteiger partial charge is 0.481 e. The number of anilines is 3. The Bertz CT molecular complexity index is 945. The van der Waals surface area contributed by atoms with Crippen molar-refractivity contribution in [2.45, 2.75) is 51.5 Å². The number of carbonyl (C=O) groups is 2. The molecule has 2 aromatic carbocycles. The summed E-state index contributed by atoms with van der Waals surface area (Å²) in [6.45, 7) is 6.18. The van der Waals surface area contributed by atoms with Crippen LogP contribution < -0.4 is 15.5 Å². The predicted molar refractivity (Wildman–Crippen MR) is 128 cm³/mol. The molecule has 0 aliphatic carbocycles. The standard InChI is InChI=1S/C25H32FN3O4/c1-3-17(16-24(30)31)18-5-10-23(29(4-2)21-11-13-33-14-12-21)22(15-18)28-25(32)27-20-8-6-19(26)7-9-20/h5-10,15,17,21H,3-4,11-14,16H2,1-2H3,(H,30,31)(H2,27,28,32). The zero-order valence-corrected chi connectivity index (χ0v) is 19.1. The molecule has 2 aromatic rings. The molecule has 2 amide bonds. The Balaban J connectivity index is 1.91. The van der Waals surface area contributed by atoms with E-state index in [1.54, 1.807) is 0 Å². The third kappa shape index (κ3) is 6.68. The van der Waals surface area contributed by atoms with Gasteiger partial charge in [-0.1, -0.05) is 13.0 Å². The Morgan fingerprint density at radius 1 is 1.12 bits per heavy atom. The fraction of sp³-hybridized carbons (Fsp3) is 0.440. The van der Waals surface area contributed by atoms with Gasteiger partial charge in [0.05, 0.1) is 17.8 Å². The van der Waals surface area contributed by atoms with Crippen molar-refractivity contribution in [1.82, 2.24) is 0 Å². The van der Waals surface area contributed by atoms with Gasteiger partial charge in [-0.05, 0) is 74.1 Å². The first-order valence-corrected chi connectivity index (χ1v) is 11.4. The second kappa shape index (κ2) is 11.7. The van der Waals surface area contributed by atoms with E-state index in [0.29, 0.717) is 31.0 Å². The molecule has 33 heavy (non-hydrogen) atoms. The first kappa shape index (κ1) is 24.5. The Hall–Kier alpha value is -3.13. The van der Waals surface area contributed by atoms with Gasteiger partial charge in [-0.25, -0.2) is 9.18 Å². The van der Waals surface area contributed by atoms with Gasteiger partial charge in [0.15, 0.2) is 0 Å². The molecule has 0 spiro atoms. The van der Waals surface area contributed by atoms with E-state index in [2.05, 4.69) is 22.5 Å². The summed E-state index contributed by atoms with van der Waals surface area (Å²) in [5, 5.41) is 15.0. The molecule has 0 aromatic heterocycles. The summed E-state index contributed by atoms with van der Waals surface area (Å²) in [6.07, 6.45) is 2.49. The van der Waals surface area contributed by atoms with Crippen molar-refractivity contribution in [2.75, 3.05) is 35.3 Å². The molecule has 7 nitrogen and oxygen atoms in total. The van der Waals surface area contributed by atoms with Gasteiger partial charge < -0.3 is 25.4 Å². The summed E-state index contributed by atoms with van der Waals surface area (Å²) in [5.41, 5.74) is 2.83. The van der Waals surface area contributed by atoms with Crippen LogP contribution in [-0.4, -0.2) is 42.9 Å². The van der Waals surface area contributed by atoms with Crippen LogP contribution in [0.5, 0.6) is 0 Å². The Labute approximate surface area is 193 Å². The van der Waals surface area contributed by atoms with Crippen LogP contribution >= 0.6 is 0 Å². The number of carboxylic acid groups (broad SMARTS) is 1. The normalized spacial score (nSPS) is 15.0. The van der Waals surface area contributed by atoms with Gasteiger partial charge in [-0.3, -0.25) is 4.79 Å². The molecule has 3 N–H and O–H groups in total. The molecule has 3 rings (SSSR count). The van der Waals surface area contributed by atoms with Crippen molar-refractivity contribution in [3.8, 4) is 0 Å². The molecule has 1 aliphatic heterocycles. The monoisotopic (exact) mass is 457 g/mol. The molecular weight excluding hydrogens is 425 g/mol. The number of ether oxygens (including phenoxy) is 1. The maximum Gasteiger partial charge on any atom is 0.323 e. The lowest BCUT2D eigenvalue weighted by Gasteiger charge is -2.36. The quantitative estimate of drug-likeness (QED) is 0.466. The number of halogens is 1. The Morgan fingerprint density at radius 2 is 1.82 bits per heavy atom. The molecule has 1 atom stereocenters. The van der Waals surface area contributed by atoms with Crippen LogP contribution in [0.15, 0.2) is 42.5 Å². The van der Waals surface area contributed by atoms with E-state index in [9.17, 15) is 19.1 Å². The fourth-order valence-electron chi connectivity index (χ4n) is 4.31. The van der Waals surface area contributed by atoms with Crippen molar-refractivity contribution in [1.29, 1.82) is 0 Å². The van der Waals surface area contributed by atoms with Crippen LogP contribution in [0.25, 0.3) is 0 Å². The molecule has 178 valence electrons. The Morgan fingerprint density at radius 3 is 2.42 bits per heavy atom. The Kier molecular flexibility index (Phi) is 8.65. The van der Waals surface area contributed by atoms with Crippen LogP contribution in [0.1, 0.15) is 51.0 Å². The number of carboxylic acids is 1. The predicted octanol–water partition coefficient (Wildman–Crippen LogP) is 5.44. The molecule has 1 aliphatic rings. The second-order valence-corrected chi connectivity index (χ2v) is 8.20. The highest BCUT2D eigenvalue weighted by molar-refractivity contribution is 6.02. The molecule has 0 radical (unpaired) electrons. The summed E-state index contributed by atoms with van der Waals surface area (Å²) in [6, 6.07) is 11.2. The molecule has 1 heterocycles. The maximum atomic E-state index is 13.2. The zero-order valence-electron chi connectivity index (χ0n) is 19.1. The minimum atomic E-state index is -0.855. The molecule has 1 fully saturated rings. The van der Waals surface area contributed by atoms with Crippen molar-refractivity contribution >= 4 is 29.1 Å². The van der Waals surface area contributed by atoms with E-state index in [-0.39, 0.29) is 24.2 Å². The van der Waals surface area contributed by atoms with Crippen molar-refractivity contribution < 1.29 is 23.8 Å². The minimum absolute atomic E-state index is 0.0223. The van der Waals surface area contributed by atoms with E-state index in [4.69, 9.17) is 4.74 Å². The lowest BCUT2D eigenvalue weighted by molar-refractivity contribution is -0.137. The van der Waals surface area contributed by atoms with Crippen LogP contribution in [0.4, 0.5) is 26.2 Å². The van der Waals surface area contributed by atoms with Crippen LogP contribution in [0.3, 0.4) is 0 Å². The molecule has 0 saturated carbocycles. The average Bonchev–Trinajstić information content (AvgIpc) is 2.81. The molecule has 1 saturated heterocycles. The summed E-state index contributed by atoms with van der Waals surface area (Å²) in [4.78, 5) is 26.4. The highest BCUT2D eigenvalue weighted by Crippen LogP contribution is 2.35. The smallest absolute Gasteiger partial charge is 0.323 e. The fourth-order valence-corrected chi connectivity index (χ4v) is 4.31. The van der Waals surface area contributed by atoms with Gasteiger partial charge in [-0.2, -0.15) is 0 Å². The number of urea groups is 1. The van der Waals surface area contributed by atoms with Crippen LogP contribution in [-0.2, 0) is 9.53 Å². The summed E-state index contributed by atoms with van der Waals surface area (Å²) in [7, 11) is 0. The first-order chi connectivity index (χ1) is 15.9. The highest BCUT2D eigenvalue weighted by Gasteiger charge is 2.24. The number of nitrogens with one attached hydrogen (secondary N) is 2. The number of carbonyl (C=O) groups excluding carboxylic acids is 1. The van der Waals surface area contributed by atoms with Crippen molar-refractivity contribution in [3.05, 3.63) is 53.8 Å². The first-order valence-electron chi connectivity index (χ1n) is 11.4. The van der Waals surface area contributed by atoms with Gasteiger partial charge >= 0.3 is 12.0 Å². The van der Waals surface area contributed by atoms with E-state index < -0.39 is 12.0 Å².